The van der Waals surface area contributed by atoms with Crippen LogP contribution in [0.15, 0.2) is 72.8 Å². The highest BCUT2D eigenvalue weighted by atomic mass is 16.2. The van der Waals surface area contributed by atoms with Gasteiger partial charge in [-0.3, -0.25) is 9.59 Å². The molecule has 1 aliphatic rings. The van der Waals surface area contributed by atoms with Gasteiger partial charge in [-0.2, -0.15) is 0 Å². The molecule has 1 aliphatic heterocycles. The Morgan fingerprint density at radius 2 is 1.42 bits per heavy atom. The van der Waals surface area contributed by atoms with E-state index < -0.39 is 0 Å². The Morgan fingerprint density at radius 3 is 2.12 bits per heavy atom. The minimum absolute atomic E-state index is 0.298. The zero-order valence-corrected chi connectivity index (χ0v) is 13.6. The summed E-state index contributed by atoms with van der Waals surface area (Å²) in [4.78, 5) is 34.4. The molecule has 0 aliphatic carbocycles. The summed E-state index contributed by atoms with van der Waals surface area (Å²) in [7, 11) is 0. The van der Waals surface area contributed by atoms with Crippen molar-refractivity contribution in [1.82, 2.24) is 9.97 Å². The topological polar surface area (TPSA) is 66.1 Å². The van der Waals surface area contributed by atoms with Crippen molar-refractivity contribution < 1.29 is 9.59 Å². The van der Waals surface area contributed by atoms with Gasteiger partial charge in [0.25, 0.3) is 11.8 Å². The second-order valence-corrected chi connectivity index (χ2v) is 6.14. The SMILES string of the molecule is O=C1c2ccccc2C(=O)N1c1ccc2nc(-c3ccccc3)[nH]c2c1. The summed E-state index contributed by atoms with van der Waals surface area (Å²) in [6, 6.07) is 22.0. The van der Waals surface area contributed by atoms with Crippen LogP contribution in [0.3, 0.4) is 0 Å². The summed E-state index contributed by atoms with van der Waals surface area (Å²) in [5.41, 5.74) is 3.94. The van der Waals surface area contributed by atoms with Gasteiger partial charge in [-0.1, -0.05) is 42.5 Å². The van der Waals surface area contributed by atoms with Gasteiger partial charge in [0.1, 0.15) is 5.82 Å². The monoisotopic (exact) mass is 339 g/mol. The quantitative estimate of drug-likeness (QED) is 0.561. The number of nitrogens with zero attached hydrogens (tertiary/aromatic N) is 2. The van der Waals surface area contributed by atoms with Crippen LogP contribution in [0.5, 0.6) is 0 Å². The molecule has 0 saturated heterocycles. The number of aromatic amines is 1. The van der Waals surface area contributed by atoms with E-state index in [9.17, 15) is 9.59 Å². The van der Waals surface area contributed by atoms with Crippen molar-refractivity contribution in [3.8, 4) is 11.4 Å². The number of hydrogen-bond donors (Lipinski definition) is 1. The fraction of sp³-hybridized carbons (Fsp3) is 0. The van der Waals surface area contributed by atoms with E-state index >= 15 is 0 Å². The van der Waals surface area contributed by atoms with Crippen molar-refractivity contribution in [3.63, 3.8) is 0 Å². The number of carbonyl (C=O) groups excluding carboxylic acids is 2. The first-order valence-electron chi connectivity index (χ1n) is 8.25. The predicted octanol–water partition coefficient (Wildman–Crippen LogP) is 4.03. The molecule has 2 amide bonds. The van der Waals surface area contributed by atoms with Crippen molar-refractivity contribution in [2.75, 3.05) is 4.90 Å². The van der Waals surface area contributed by atoms with E-state index in [-0.39, 0.29) is 11.8 Å². The number of amides is 2. The summed E-state index contributed by atoms with van der Waals surface area (Å²) in [6.45, 7) is 0. The summed E-state index contributed by atoms with van der Waals surface area (Å²) in [5, 5.41) is 0. The molecule has 5 nitrogen and oxygen atoms in total. The molecular formula is C21H13N3O2. The largest absolute Gasteiger partial charge is 0.338 e. The first-order chi connectivity index (χ1) is 12.7. The number of aromatic nitrogens is 2. The highest BCUT2D eigenvalue weighted by Gasteiger charge is 2.36. The molecule has 0 radical (unpaired) electrons. The molecule has 0 unspecified atom stereocenters. The molecule has 2 heterocycles. The molecule has 1 aromatic heterocycles. The Kier molecular flexibility index (Phi) is 3.03. The number of fused-ring (bicyclic) bond motifs is 2. The number of benzene rings is 3. The van der Waals surface area contributed by atoms with Crippen molar-refractivity contribution in [1.29, 1.82) is 0 Å². The van der Waals surface area contributed by atoms with E-state index in [0.29, 0.717) is 16.8 Å². The number of hydrogen-bond acceptors (Lipinski definition) is 3. The molecule has 0 spiro atoms. The maximum atomic E-state index is 12.6. The van der Waals surface area contributed by atoms with Gasteiger partial charge >= 0.3 is 0 Å². The Hall–Kier alpha value is -3.73. The third kappa shape index (κ3) is 2.07. The average Bonchev–Trinajstić information content (AvgIpc) is 3.22. The number of imide groups is 1. The molecule has 1 N–H and O–H groups in total. The molecule has 3 aromatic carbocycles. The Morgan fingerprint density at radius 1 is 0.769 bits per heavy atom. The van der Waals surface area contributed by atoms with E-state index in [0.717, 1.165) is 22.4 Å². The van der Waals surface area contributed by atoms with Crippen LogP contribution < -0.4 is 4.90 Å². The normalized spacial score (nSPS) is 13.5. The summed E-state index contributed by atoms with van der Waals surface area (Å²) in [5.74, 6) is 0.153. The van der Waals surface area contributed by atoms with Gasteiger partial charge in [0, 0.05) is 5.56 Å². The van der Waals surface area contributed by atoms with E-state index in [1.165, 1.54) is 4.90 Å². The molecule has 4 aromatic rings. The van der Waals surface area contributed by atoms with E-state index in [1.54, 1.807) is 36.4 Å². The highest BCUT2D eigenvalue weighted by molar-refractivity contribution is 6.34. The average molecular weight is 339 g/mol. The van der Waals surface area contributed by atoms with Gasteiger partial charge in [0.05, 0.1) is 27.8 Å². The molecular weight excluding hydrogens is 326 g/mol. The second kappa shape index (κ2) is 5.39. The van der Waals surface area contributed by atoms with Crippen LogP contribution in [0.4, 0.5) is 5.69 Å². The smallest absolute Gasteiger partial charge is 0.266 e. The van der Waals surface area contributed by atoms with Crippen LogP contribution in [-0.2, 0) is 0 Å². The molecule has 26 heavy (non-hydrogen) atoms. The van der Waals surface area contributed by atoms with E-state index in [2.05, 4.69) is 9.97 Å². The Labute approximate surface area is 148 Å². The first-order valence-corrected chi connectivity index (χ1v) is 8.25. The minimum atomic E-state index is -0.298. The molecule has 5 heteroatoms. The fourth-order valence-electron chi connectivity index (χ4n) is 3.29. The summed E-state index contributed by atoms with van der Waals surface area (Å²) in [6.07, 6.45) is 0. The number of rotatable bonds is 2. The number of imidazole rings is 1. The fourth-order valence-corrected chi connectivity index (χ4v) is 3.29. The zero-order valence-electron chi connectivity index (χ0n) is 13.6. The molecule has 124 valence electrons. The van der Waals surface area contributed by atoms with Crippen molar-refractivity contribution >= 4 is 28.5 Å². The number of nitrogens with one attached hydrogen (secondary N) is 1. The van der Waals surface area contributed by atoms with Gasteiger partial charge in [0.2, 0.25) is 0 Å². The Bertz CT molecular complexity index is 1140. The molecule has 0 saturated carbocycles. The van der Waals surface area contributed by atoms with Crippen molar-refractivity contribution in [3.05, 3.63) is 83.9 Å². The molecule has 0 atom stereocenters. The third-order valence-corrected chi connectivity index (χ3v) is 4.56. The lowest BCUT2D eigenvalue weighted by atomic mass is 10.1. The van der Waals surface area contributed by atoms with E-state index in [4.69, 9.17) is 0 Å². The standard InChI is InChI=1S/C21H13N3O2/c25-20-15-8-4-5-9-16(15)21(26)24(20)14-10-11-17-18(12-14)23-19(22-17)13-6-2-1-3-7-13/h1-12H,(H,22,23). The number of anilines is 1. The molecule has 5 rings (SSSR count). The predicted molar refractivity (Wildman–Crippen MR) is 99.1 cm³/mol. The second-order valence-electron chi connectivity index (χ2n) is 6.14. The van der Waals surface area contributed by atoms with Crippen LogP contribution in [0.1, 0.15) is 20.7 Å². The lowest BCUT2D eigenvalue weighted by Gasteiger charge is -2.13. The van der Waals surface area contributed by atoms with Gasteiger partial charge in [0.15, 0.2) is 0 Å². The maximum Gasteiger partial charge on any atom is 0.266 e. The van der Waals surface area contributed by atoms with Crippen LogP contribution in [-0.4, -0.2) is 21.8 Å². The number of H-pyrrole nitrogens is 1. The summed E-state index contributed by atoms with van der Waals surface area (Å²) >= 11 is 0. The maximum absolute atomic E-state index is 12.6. The van der Waals surface area contributed by atoms with Crippen LogP contribution in [0.2, 0.25) is 0 Å². The van der Waals surface area contributed by atoms with Crippen LogP contribution >= 0.6 is 0 Å². The lowest BCUT2D eigenvalue weighted by molar-refractivity contribution is 0.0926. The van der Waals surface area contributed by atoms with Gasteiger partial charge in [-0.25, -0.2) is 9.88 Å². The Balaban J connectivity index is 1.59. The minimum Gasteiger partial charge on any atom is -0.338 e. The van der Waals surface area contributed by atoms with Gasteiger partial charge in [-0.05, 0) is 30.3 Å². The van der Waals surface area contributed by atoms with Gasteiger partial charge in [-0.15, -0.1) is 0 Å². The molecule has 0 fully saturated rings. The highest BCUT2D eigenvalue weighted by Crippen LogP contribution is 2.30. The van der Waals surface area contributed by atoms with Crippen molar-refractivity contribution in [2.24, 2.45) is 0 Å². The van der Waals surface area contributed by atoms with Crippen LogP contribution in [0.25, 0.3) is 22.4 Å². The third-order valence-electron chi connectivity index (χ3n) is 4.56. The lowest BCUT2D eigenvalue weighted by Crippen LogP contribution is -2.29. The first kappa shape index (κ1) is 14.6. The zero-order chi connectivity index (χ0) is 17.7. The molecule has 0 bridgehead atoms. The van der Waals surface area contributed by atoms with Crippen LogP contribution in [0, 0.1) is 0 Å². The van der Waals surface area contributed by atoms with Crippen molar-refractivity contribution in [2.45, 2.75) is 0 Å². The van der Waals surface area contributed by atoms with E-state index in [1.807, 2.05) is 36.4 Å². The van der Waals surface area contributed by atoms with Gasteiger partial charge < -0.3 is 4.98 Å². The number of carbonyl (C=O) groups is 2. The summed E-state index contributed by atoms with van der Waals surface area (Å²) < 4.78 is 0.